The number of halogens is 2. The summed E-state index contributed by atoms with van der Waals surface area (Å²) in [5.41, 5.74) is 8.52. The highest BCUT2D eigenvalue weighted by molar-refractivity contribution is 9.10. The van der Waals surface area contributed by atoms with E-state index in [9.17, 15) is 0 Å². The van der Waals surface area contributed by atoms with Crippen molar-refractivity contribution in [2.75, 3.05) is 5.32 Å². The maximum atomic E-state index is 5.95. The molecule has 0 saturated heterocycles. The lowest BCUT2D eigenvalue weighted by Crippen LogP contribution is -2.13. The summed E-state index contributed by atoms with van der Waals surface area (Å²) in [7, 11) is 0. The summed E-state index contributed by atoms with van der Waals surface area (Å²) in [6.45, 7) is 0.699. The predicted octanol–water partition coefficient (Wildman–Crippen LogP) is 4.35. The topological polar surface area (TPSA) is 38.0 Å². The molecule has 0 radical (unpaired) electrons. The van der Waals surface area contributed by atoms with E-state index in [-0.39, 0.29) is 0 Å². The van der Waals surface area contributed by atoms with Gasteiger partial charge in [-0.2, -0.15) is 0 Å². The Kier molecular flexibility index (Phi) is 4.80. The van der Waals surface area contributed by atoms with E-state index in [2.05, 4.69) is 21.2 Å². The molecule has 0 aliphatic carbocycles. The lowest BCUT2D eigenvalue weighted by atomic mass is 10.1. The average Bonchev–Trinajstić information content (AvgIpc) is 2.39. The van der Waals surface area contributed by atoms with Crippen LogP contribution in [0.15, 0.2) is 46.9 Å². The van der Waals surface area contributed by atoms with Crippen LogP contribution in [0, 0.1) is 0 Å². The molecule has 0 aliphatic rings. The molecule has 98 valence electrons. The van der Waals surface area contributed by atoms with Crippen molar-refractivity contribution in [3.05, 3.63) is 63.1 Å². The Labute approximate surface area is 131 Å². The van der Waals surface area contributed by atoms with Crippen molar-refractivity contribution in [2.24, 2.45) is 5.73 Å². The molecule has 0 aliphatic heterocycles. The number of rotatable bonds is 4. The number of benzene rings is 2. The molecule has 19 heavy (non-hydrogen) atoms. The van der Waals surface area contributed by atoms with Crippen LogP contribution in [0.1, 0.15) is 11.1 Å². The highest BCUT2D eigenvalue weighted by Crippen LogP contribution is 2.21. The summed E-state index contributed by atoms with van der Waals surface area (Å²) in [6, 6.07) is 13.6. The van der Waals surface area contributed by atoms with Gasteiger partial charge in [0.1, 0.15) is 4.99 Å². The number of thiocarbonyl (C=S) groups is 1. The van der Waals surface area contributed by atoms with Gasteiger partial charge >= 0.3 is 0 Å². The van der Waals surface area contributed by atoms with E-state index in [4.69, 9.17) is 29.6 Å². The zero-order chi connectivity index (χ0) is 13.8. The third-order valence-electron chi connectivity index (χ3n) is 2.64. The van der Waals surface area contributed by atoms with Gasteiger partial charge in [0, 0.05) is 27.3 Å². The fraction of sp³-hybridized carbons (Fsp3) is 0.0714. The second-order valence-corrected chi connectivity index (χ2v) is 5.83. The van der Waals surface area contributed by atoms with E-state index in [0.717, 1.165) is 15.7 Å². The van der Waals surface area contributed by atoms with Gasteiger partial charge in [-0.3, -0.25) is 0 Å². The molecule has 3 N–H and O–H groups in total. The van der Waals surface area contributed by atoms with E-state index in [1.807, 2.05) is 36.4 Å². The summed E-state index contributed by atoms with van der Waals surface area (Å²) < 4.78 is 1.06. The molecule has 0 fully saturated rings. The van der Waals surface area contributed by atoms with Gasteiger partial charge in [-0.25, -0.2) is 0 Å². The largest absolute Gasteiger partial charge is 0.389 e. The number of anilines is 1. The summed E-state index contributed by atoms with van der Waals surface area (Å²) in [6.07, 6.45) is 0. The SMILES string of the molecule is NC(=S)c1cc(Cl)ccc1NCc1ccc(Br)cc1. The number of nitrogens with one attached hydrogen (secondary N) is 1. The average molecular weight is 356 g/mol. The van der Waals surface area contributed by atoms with Crippen LogP contribution in [0.5, 0.6) is 0 Å². The molecule has 0 bridgehead atoms. The molecule has 0 unspecified atom stereocenters. The number of hydrogen-bond donors (Lipinski definition) is 2. The minimum Gasteiger partial charge on any atom is -0.389 e. The maximum absolute atomic E-state index is 5.95. The van der Waals surface area contributed by atoms with E-state index in [1.54, 1.807) is 6.07 Å². The highest BCUT2D eigenvalue weighted by Gasteiger charge is 2.06. The van der Waals surface area contributed by atoms with Crippen molar-refractivity contribution in [1.82, 2.24) is 0 Å². The maximum Gasteiger partial charge on any atom is 0.106 e. The molecule has 0 aromatic heterocycles. The van der Waals surface area contributed by atoms with Gasteiger partial charge in [0.15, 0.2) is 0 Å². The molecular weight excluding hydrogens is 344 g/mol. The minimum atomic E-state index is 0.334. The second kappa shape index (κ2) is 6.37. The third-order valence-corrected chi connectivity index (χ3v) is 3.63. The van der Waals surface area contributed by atoms with E-state index in [1.165, 1.54) is 5.56 Å². The van der Waals surface area contributed by atoms with Gasteiger partial charge in [-0.15, -0.1) is 0 Å². The Balaban J connectivity index is 2.15. The van der Waals surface area contributed by atoms with Gasteiger partial charge < -0.3 is 11.1 Å². The Morgan fingerprint density at radius 1 is 1.21 bits per heavy atom. The van der Waals surface area contributed by atoms with Crippen LogP contribution < -0.4 is 11.1 Å². The molecule has 5 heteroatoms. The Morgan fingerprint density at radius 2 is 1.89 bits per heavy atom. The quantitative estimate of drug-likeness (QED) is 0.801. The summed E-state index contributed by atoms with van der Waals surface area (Å²) >= 11 is 14.4. The normalized spacial score (nSPS) is 10.2. The molecule has 2 aromatic rings. The molecular formula is C14H12BrClN2S. The molecule has 0 amide bonds. The molecule has 0 spiro atoms. The smallest absolute Gasteiger partial charge is 0.106 e. The van der Waals surface area contributed by atoms with Crippen LogP contribution in [-0.2, 0) is 6.54 Å². The van der Waals surface area contributed by atoms with Crippen molar-refractivity contribution in [3.8, 4) is 0 Å². The van der Waals surface area contributed by atoms with Crippen LogP contribution in [0.4, 0.5) is 5.69 Å². The summed E-state index contributed by atoms with van der Waals surface area (Å²) in [5, 5.41) is 3.94. The van der Waals surface area contributed by atoms with Gasteiger partial charge in [0.25, 0.3) is 0 Å². The lowest BCUT2D eigenvalue weighted by molar-refractivity contribution is 1.15. The van der Waals surface area contributed by atoms with Crippen LogP contribution in [-0.4, -0.2) is 4.99 Å². The third kappa shape index (κ3) is 3.93. The molecule has 2 rings (SSSR count). The molecule has 0 heterocycles. The van der Waals surface area contributed by atoms with Crippen molar-refractivity contribution in [2.45, 2.75) is 6.54 Å². The fourth-order valence-electron chi connectivity index (χ4n) is 1.67. The second-order valence-electron chi connectivity index (χ2n) is 4.03. The first-order valence-corrected chi connectivity index (χ1v) is 7.22. The van der Waals surface area contributed by atoms with Crippen LogP contribution in [0.3, 0.4) is 0 Å². The Bertz CT molecular complexity index is 599. The van der Waals surface area contributed by atoms with Gasteiger partial charge in [0.05, 0.1) is 0 Å². The molecule has 2 aromatic carbocycles. The first-order valence-electron chi connectivity index (χ1n) is 5.64. The predicted molar refractivity (Wildman–Crippen MR) is 88.8 cm³/mol. The number of hydrogen-bond acceptors (Lipinski definition) is 2. The van der Waals surface area contributed by atoms with Crippen molar-refractivity contribution < 1.29 is 0 Å². The van der Waals surface area contributed by atoms with E-state index in [0.29, 0.717) is 16.6 Å². The standard InChI is InChI=1S/C14H12BrClN2S/c15-10-3-1-9(2-4-10)8-18-13-6-5-11(16)7-12(13)14(17)19/h1-7,18H,8H2,(H2,17,19). The van der Waals surface area contributed by atoms with Gasteiger partial charge in [-0.1, -0.05) is 51.9 Å². The zero-order valence-electron chi connectivity index (χ0n) is 9.99. The summed E-state index contributed by atoms with van der Waals surface area (Å²) in [4.78, 5) is 0.334. The van der Waals surface area contributed by atoms with Crippen LogP contribution in [0.2, 0.25) is 5.02 Å². The molecule has 0 atom stereocenters. The van der Waals surface area contributed by atoms with E-state index < -0.39 is 0 Å². The Hall–Kier alpha value is -1.10. The first kappa shape index (κ1) is 14.3. The monoisotopic (exact) mass is 354 g/mol. The first-order chi connectivity index (χ1) is 9.06. The summed E-state index contributed by atoms with van der Waals surface area (Å²) in [5.74, 6) is 0. The fourth-order valence-corrected chi connectivity index (χ4v) is 2.28. The van der Waals surface area contributed by atoms with Crippen LogP contribution in [0.25, 0.3) is 0 Å². The van der Waals surface area contributed by atoms with Crippen LogP contribution >= 0.6 is 39.7 Å². The highest BCUT2D eigenvalue weighted by atomic mass is 79.9. The molecule has 0 saturated carbocycles. The zero-order valence-corrected chi connectivity index (χ0v) is 13.1. The van der Waals surface area contributed by atoms with Crippen molar-refractivity contribution in [3.63, 3.8) is 0 Å². The minimum absolute atomic E-state index is 0.334. The van der Waals surface area contributed by atoms with Gasteiger partial charge in [-0.05, 0) is 35.9 Å². The lowest BCUT2D eigenvalue weighted by Gasteiger charge is -2.11. The van der Waals surface area contributed by atoms with Crippen molar-refractivity contribution in [1.29, 1.82) is 0 Å². The van der Waals surface area contributed by atoms with Crippen molar-refractivity contribution >= 4 is 50.4 Å². The molecule has 2 nitrogen and oxygen atoms in total. The van der Waals surface area contributed by atoms with Gasteiger partial charge in [0.2, 0.25) is 0 Å². The number of nitrogens with two attached hydrogens (primary N) is 1. The Morgan fingerprint density at radius 3 is 2.53 bits per heavy atom. The van der Waals surface area contributed by atoms with E-state index >= 15 is 0 Å².